The molecule has 1 fully saturated rings. The standard InChI is InChI=1S/C14H16O4/c1-16-12-7-6-10-11(15)8-17-13(10)14(12)18-9-4-2-3-5-9/h6-7,9H,2-5,8H2,1H3. The molecule has 1 aromatic rings. The molecule has 1 aliphatic carbocycles. The highest BCUT2D eigenvalue weighted by molar-refractivity contribution is 6.03. The van der Waals surface area contributed by atoms with Crippen molar-refractivity contribution in [3.05, 3.63) is 17.7 Å². The molecule has 0 radical (unpaired) electrons. The molecule has 1 aliphatic heterocycles. The van der Waals surface area contributed by atoms with Gasteiger partial charge in [-0.15, -0.1) is 0 Å². The lowest BCUT2D eigenvalue weighted by Gasteiger charge is -2.17. The van der Waals surface area contributed by atoms with Crippen molar-refractivity contribution in [3.8, 4) is 17.2 Å². The minimum absolute atomic E-state index is 0.00363. The van der Waals surface area contributed by atoms with Crippen LogP contribution < -0.4 is 14.2 Å². The van der Waals surface area contributed by atoms with Crippen LogP contribution in [0.3, 0.4) is 0 Å². The number of benzene rings is 1. The first-order chi connectivity index (χ1) is 8.79. The lowest BCUT2D eigenvalue weighted by Crippen LogP contribution is -2.12. The van der Waals surface area contributed by atoms with Crippen LogP contribution >= 0.6 is 0 Å². The largest absolute Gasteiger partial charge is 0.493 e. The number of ether oxygens (including phenoxy) is 3. The highest BCUT2D eigenvalue weighted by atomic mass is 16.5. The van der Waals surface area contributed by atoms with Gasteiger partial charge in [0, 0.05) is 0 Å². The third-order valence-corrected chi connectivity index (χ3v) is 3.53. The van der Waals surface area contributed by atoms with Crippen LogP contribution in [0.15, 0.2) is 12.1 Å². The van der Waals surface area contributed by atoms with E-state index in [1.54, 1.807) is 19.2 Å². The number of ketones is 1. The van der Waals surface area contributed by atoms with Crippen molar-refractivity contribution >= 4 is 5.78 Å². The van der Waals surface area contributed by atoms with E-state index in [4.69, 9.17) is 14.2 Å². The van der Waals surface area contributed by atoms with Crippen molar-refractivity contribution in [1.82, 2.24) is 0 Å². The van der Waals surface area contributed by atoms with Gasteiger partial charge in [-0.3, -0.25) is 4.79 Å². The van der Waals surface area contributed by atoms with Gasteiger partial charge in [-0.05, 0) is 37.8 Å². The zero-order chi connectivity index (χ0) is 12.5. The number of carbonyl (C=O) groups excluding carboxylic acids is 1. The summed E-state index contributed by atoms with van der Waals surface area (Å²) in [5.74, 6) is 1.78. The summed E-state index contributed by atoms with van der Waals surface area (Å²) in [4.78, 5) is 11.6. The van der Waals surface area contributed by atoms with E-state index < -0.39 is 0 Å². The van der Waals surface area contributed by atoms with Crippen LogP contribution in [-0.2, 0) is 0 Å². The summed E-state index contributed by atoms with van der Waals surface area (Å²) in [5.41, 5.74) is 0.601. The second-order valence-electron chi connectivity index (χ2n) is 4.71. The van der Waals surface area contributed by atoms with Crippen molar-refractivity contribution in [3.63, 3.8) is 0 Å². The van der Waals surface area contributed by atoms with E-state index in [2.05, 4.69) is 0 Å². The molecule has 96 valence electrons. The maximum Gasteiger partial charge on any atom is 0.204 e. The first kappa shape index (κ1) is 11.4. The van der Waals surface area contributed by atoms with E-state index in [1.807, 2.05) is 0 Å². The fraction of sp³-hybridized carbons (Fsp3) is 0.500. The summed E-state index contributed by atoms with van der Waals surface area (Å²) in [5, 5.41) is 0. The molecular formula is C14H16O4. The Morgan fingerprint density at radius 2 is 2.06 bits per heavy atom. The van der Waals surface area contributed by atoms with Crippen LogP contribution in [0.2, 0.25) is 0 Å². The van der Waals surface area contributed by atoms with Gasteiger partial charge in [0.05, 0.1) is 18.8 Å². The summed E-state index contributed by atoms with van der Waals surface area (Å²) in [6, 6.07) is 3.51. The van der Waals surface area contributed by atoms with Crippen LogP contribution in [0.4, 0.5) is 0 Å². The number of Topliss-reactive ketones (excluding diaryl/α,β-unsaturated/α-hetero) is 1. The molecule has 1 heterocycles. The van der Waals surface area contributed by atoms with Crippen LogP contribution in [0, 0.1) is 0 Å². The molecule has 1 saturated carbocycles. The number of rotatable bonds is 3. The average Bonchev–Trinajstić information content (AvgIpc) is 3.00. The predicted molar refractivity (Wildman–Crippen MR) is 65.7 cm³/mol. The van der Waals surface area contributed by atoms with Crippen LogP contribution in [-0.4, -0.2) is 25.6 Å². The second kappa shape index (κ2) is 4.52. The Bertz CT molecular complexity index is 475. The van der Waals surface area contributed by atoms with Crippen molar-refractivity contribution in [2.45, 2.75) is 31.8 Å². The van der Waals surface area contributed by atoms with Gasteiger partial charge >= 0.3 is 0 Å². The maximum atomic E-state index is 11.6. The number of methoxy groups -OCH3 is 1. The second-order valence-corrected chi connectivity index (χ2v) is 4.71. The smallest absolute Gasteiger partial charge is 0.204 e. The SMILES string of the molecule is COc1ccc2c(c1OC1CCCC1)OCC2=O. The molecule has 2 aliphatic rings. The van der Waals surface area contributed by atoms with Crippen LogP contribution in [0.1, 0.15) is 36.0 Å². The van der Waals surface area contributed by atoms with Crippen molar-refractivity contribution in [1.29, 1.82) is 0 Å². The van der Waals surface area contributed by atoms with Gasteiger partial charge in [0.15, 0.2) is 18.1 Å². The molecule has 0 bridgehead atoms. The molecule has 0 aromatic heterocycles. The van der Waals surface area contributed by atoms with Gasteiger partial charge in [-0.2, -0.15) is 0 Å². The molecule has 0 spiro atoms. The zero-order valence-electron chi connectivity index (χ0n) is 10.4. The number of hydrogen-bond acceptors (Lipinski definition) is 4. The lowest BCUT2D eigenvalue weighted by atomic mass is 10.1. The van der Waals surface area contributed by atoms with E-state index in [0.717, 1.165) is 12.8 Å². The van der Waals surface area contributed by atoms with Gasteiger partial charge < -0.3 is 14.2 Å². The summed E-state index contributed by atoms with van der Waals surface area (Å²) in [6.07, 6.45) is 4.72. The molecule has 1 aromatic carbocycles. The fourth-order valence-electron chi connectivity index (χ4n) is 2.57. The Morgan fingerprint density at radius 3 is 2.78 bits per heavy atom. The molecule has 0 N–H and O–H groups in total. The Balaban J connectivity index is 1.97. The topological polar surface area (TPSA) is 44.8 Å². The minimum Gasteiger partial charge on any atom is -0.493 e. The number of carbonyl (C=O) groups is 1. The summed E-state index contributed by atoms with van der Waals surface area (Å²) in [6.45, 7) is 0.101. The van der Waals surface area contributed by atoms with E-state index in [-0.39, 0.29) is 18.5 Å². The monoisotopic (exact) mass is 248 g/mol. The summed E-state index contributed by atoms with van der Waals surface area (Å²) < 4.78 is 16.7. The quantitative estimate of drug-likeness (QED) is 0.824. The Hall–Kier alpha value is -1.71. The van der Waals surface area contributed by atoms with Crippen molar-refractivity contribution in [2.24, 2.45) is 0 Å². The lowest BCUT2D eigenvalue weighted by molar-refractivity contribution is 0.0960. The third kappa shape index (κ3) is 1.82. The van der Waals surface area contributed by atoms with Gasteiger partial charge in [-0.1, -0.05) is 0 Å². The van der Waals surface area contributed by atoms with Gasteiger partial charge in [0.25, 0.3) is 0 Å². The van der Waals surface area contributed by atoms with Gasteiger partial charge in [0.1, 0.15) is 0 Å². The van der Waals surface area contributed by atoms with E-state index in [9.17, 15) is 4.79 Å². The van der Waals surface area contributed by atoms with Crippen molar-refractivity contribution in [2.75, 3.05) is 13.7 Å². The minimum atomic E-state index is 0.00363. The van der Waals surface area contributed by atoms with Crippen LogP contribution in [0.5, 0.6) is 17.2 Å². The normalized spacial score (nSPS) is 18.6. The molecule has 4 nitrogen and oxygen atoms in total. The Kier molecular flexibility index (Phi) is 2.86. The predicted octanol–water partition coefficient (Wildman–Crippen LogP) is 2.59. The summed E-state index contributed by atoms with van der Waals surface area (Å²) >= 11 is 0. The van der Waals surface area contributed by atoms with Gasteiger partial charge in [0.2, 0.25) is 11.5 Å². The highest BCUT2D eigenvalue weighted by Crippen LogP contribution is 2.44. The molecule has 4 heteroatoms. The van der Waals surface area contributed by atoms with Crippen molar-refractivity contribution < 1.29 is 19.0 Å². The highest BCUT2D eigenvalue weighted by Gasteiger charge is 2.29. The fourth-order valence-corrected chi connectivity index (χ4v) is 2.57. The van der Waals surface area contributed by atoms with E-state index in [0.29, 0.717) is 22.8 Å². The van der Waals surface area contributed by atoms with Gasteiger partial charge in [-0.25, -0.2) is 0 Å². The molecule has 0 amide bonds. The zero-order valence-corrected chi connectivity index (χ0v) is 10.4. The summed E-state index contributed by atoms with van der Waals surface area (Å²) in [7, 11) is 1.60. The number of hydrogen-bond donors (Lipinski definition) is 0. The molecule has 3 rings (SSSR count). The van der Waals surface area contributed by atoms with E-state index >= 15 is 0 Å². The molecular weight excluding hydrogens is 232 g/mol. The van der Waals surface area contributed by atoms with Crippen LogP contribution in [0.25, 0.3) is 0 Å². The first-order valence-corrected chi connectivity index (χ1v) is 6.33. The average molecular weight is 248 g/mol. The first-order valence-electron chi connectivity index (χ1n) is 6.33. The molecule has 18 heavy (non-hydrogen) atoms. The third-order valence-electron chi connectivity index (χ3n) is 3.53. The molecule has 0 atom stereocenters. The van der Waals surface area contributed by atoms with E-state index in [1.165, 1.54) is 12.8 Å². The maximum absolute atomic E-state index is 11.6. The Morgan fingerprint density at radius 1 is 1.28 bits per heavy atom. The molecule has 0 unspecified atom stereocenters. The number of fused-ring (bicyclic) bond motifs is 1. The molecule has 0 saturated heterocycles. The Labute approximate surface area is 106 Å².